The molecule has 0 unspecified atom stereocenters. The number of hydrogen-bond acceptors (Lipinski definition) is 2. The van der Waals surface area contributed by atoms with E-state index >= 15 is 0 Å². The Hall–Kier alpha value is -0.610. The van der Waals surface area contributed by atoms with Gasteiger partial charge in [0.05, 0.1) is 4.90 Å². The minimum Gasteiger partial charge on any atom is -0.268 e. The predicted octanol–water partition coefficient (Wildman–Crippen LogP) is 3.42. The Morgan fingerprint density at radius 1 is 1.42 bits per heavy atom. The van der Waals surface area contributed by atoms with Gasteiger partial charge in [-0.05, 0) is 41.6 Å². The molecule has 0 N–H and O–H groups in total. The first-order valence-electron chi connectivity index (χ1n) is 2.92. The summed E-state index contributed by atoms with van der Waals surface area (Å²) in [6, 6.07) is 2.83. The van der Waals surface area contributed by atoms with Gasteiger partial charge in [-0.1, -0.05) is 0 Å². The van der Waals surface area contributed by atoms with Crippen LogP contribution in [0.4, 0.5) is 13.6 Å². The highest BCUT2D eigenvalue weighted by molar-refractivity contribution is 8.16. The summed E-state index contributed by atoms with van der Waals surface area (Å²) < 4.78 is 24.4. The first-order chi connectivity index (χ1) is 5.59. The first-order valence-corrected chi connectivity index (χ1v) is 4.11. The molecule has 0 saturated heterocycles. The summed E-state index contributed by atoms with van der Waals surface area (Å²) >= 11 is 5.42. The summed E-state index contributed by atoms with van der Waals surface area (Å²) in [7, 11) is 0. The molecule has 0 heterocycles. The fraction of sp³-hybridized carbons (Fsp3) is 0. The van der Waals surface area contributed by atoms with E-state index in [1.165, 1.54) is 0 Å². The van der Waals surface area contributed by atoms with E-state index in [1.807, 2.05) is 0 Å². The summed E-state index contributed by atoms with van der Waals surface area (Å²) in [5, 5.41) is 0. The average molecular weight is 209 g/mol. The molecule has 1 nitrogen and oxygen atoms in total. The number of halogens is 3. The van der Waals surface area contributed by atoms with Gasteiger partial charge in [-0.2, -0.15) is 0 Å². The van der Waals surface area contributed by atoms with Crippen LogP contribution in [0.15, 0.2) is 23.1 Å². The largest absolute Gasteiger partial charge is 0.284 e. The molecule has 0 radical (unpaired) electrons. The van der Waals surface area contributed by atoms with Crippen molar-refractivity contribution in [3.63, 3.8) is 0 Å². The Morgan fingerprint density at radius 2 is 2.08 bits per heavy atom. The van der Waals surface area contributed by atoms with E-state index in [4.69, 9.17) is 11.6 Å². The van der Waals surface area contributed by atoms with Crippen molar-refractivity contribution in [3.05, 3.63) is 29.8 Å². The van der Waals surface area contributed by atoms with Crippen molar-refractivity contribution in [1.29, 1.82) is 0 Å². The normalized spacial score (nSPS) is 9.92. The fourth-order valence-corrected chi connectivity index (χ4v) is 1.40. The van der Waals surface area contributed by atoms with Crippen molar-refractivity contribution in [2.24, 2.45) is 0 Å². The van der Waals surface area contributed by atoms with Gasteiger partial charge in [0.25, 0.3) is 4.57 Å². The lowest BCUT2D eigenvalue weighted by Gasteiger charge is -1.97. The maximum atomic E-state index is 12.7. The van der Waals surface area contributed by atoms with E-state index in [0.29, 0.717) is 11.8 Å². The number of carbonyl (C=O) groups is 1. The van der Waals surface area contributed by atoms with Crippen LogP contribution in [0.25, 0.3) is 0 Å². The molecule has 0 spiro atoms. The molecule has 12 heavy (non-hydrogen) atoms. The molecular weight excluding hydrogens is 206 g/mol. The smallest absolute Gasteiger partial charge is 0.268 e. The second-order valence-electron chi connectivity index (χ2n) is 1.91. The molecule has 1 aromatic rings. The zero-order valence-corrected chi connectivity index (χ0v) is 7.25. The second kappa shape index (κ2) is 3.87. The number of benzene rings is 1. The molecule has 0 saturated carbocycles. The van der Waals surface area contributed by atoms with E-state index in [2.05, 4.69) is 0 Å². The van der Waals surface area contributed by atoms with Gasteiger partial charge in [-0.15, -0.1) is 0 Å². The lowest BCUT2D eigenvalue weighted by atomic mass is 10.3. The van der Waals surface area contributed by atoms with E-state index in [0.717, 1.165) is 18.2 Å². The summed E-state index contributed by atoms with van der Waals surface area (Å²) in [5.74, 6) is -1.26. The molecule has 64 valence electrons. The van der Waals surface area contributed by atoms with Crippen molar-refractivity contribution < 1.29 is 13.6 Å². The number of thioether (sulfide) groups is 1. The summed E-state index contributed by atoms with van der Waals surface area (Å²) in [6.07, 6.45) is 0. The van der Waals surface area contributed by atoms with Crippen LogP contribution in [0.5, 0.6) is 0 Å². The van der Waals surface area contributed by atoms with Crippen LogP contribution < -0.4 is 0 Å². The van der Waals surface area contributed by atoms with Gasteiger partial charge in [-0.3, -0.25) is 4.79 Å². The molecule has 0 aliphatic carbocycles. The van der Waals surface area contributed by atoms with Crippen molar-refractivity contribution in [1.82, 2.24) is 0 Å². The molecule has 0 aliphatic rings. The lowest BCUT2D eigenvalue weighted by Crippen LogP contribution is -1.84. The van der Waals surface area contributed by atoms with Gasteiger partial charge in [-0.25, -0.2) is 8.78 Å². The fourth-order valence-electron chi connectivity index (χ4n) is 0.642. The monoisotopic (exact) mass is 208 g/mol. The Balaban J connectivity index is 2.97. The zero-order valence-electron chi connectivity index (χ0n) is 5.68. The highest BCUT2D eigenvalue weighted by atomic mass is 35.5. The number of rotatable bonds is 1. The Morgan fingerprint density at radius 3 is 2.67 bits per heavy atom. The van der Waals surface area contributed by atoms with E-state index in [1.54, 1.807) is 0 Å². The van der Waals surface area contributed by atoms with Gasteiger partial charge in [0.1, 0.15) is 11.6 Å². The van der Waals surface area contributed by atoms with Crippen LogP contribution in [0, 0.1) is 11.6 Å². The number of hydrogen-bond donors (Lipinski definition) is 0. The third-order valence-corrected chi connectivity index (χ3v) is 2.01. The van der Waals surface area contributed by atoms with Crippen molar-refractivity contribution in [2.45, 2.75) is 4.90 Å². The SMILES string of the molecule is O=C(Cl)Sc1cc(F)ccc1F. The minimum absolute atomic E-state index is 0.102. The molecule has 0 bridgehead atoms. The molecule has 0 fully saturated rings. The lowest BCUT2D eigenvalue weighted by molar-refractivity contribution is 0.276. The van der Waals surface area contributed by atoms with E-state index < -0.39 is 16.2 Å². The van der Waals surface area contributed by atoms with Gasteiger partial charge in [0.2, 0.25) is 0 Å². The number of carbonyl (C=O) groups excluding carboxylic acids is 1. The molecule has 0 amide bonds. The van der Waals surface area contributed by atoms with Crippen LogP contribution in [0.2, 0.25) is 0 Å². The van der Waals surface area contributed by atoms with Crippen molar-refractivity contribution in [2.75, 3.05) is 0 Å². The molecule has 1 rings (SSSR count). The van der Waals surface area contributed by atoms with Crippen molar-refractivity contribution >= 4 is 27.9 Å². The van der Waals surface area contributed by atoms with E-state index in [9.17, 15) is 13.6 Å². The van der Waals surface area contributed by atoms with Crippen LogP contribution >= 0.6 is 23.4 Å². The Kier molecular flexibility index (Phi) is 3.05. The van der Waals surface area contributed by atoms with E-state index in [-0.39, 0.29) is 4.90 Å². The zero-order chi connectivity index (χ0) is 9.14. The predicted molar refractivity (Wildman–Crippen MR) is 43.5 cm³/mol. The van der Waals surface area contributed by atoms with Crippen LogP contribution in [-0.2, 0) is 0 Å². The molecule has 5 heteroatoms. The molecule has 0 atom stereocenters. The Labute approximate surface area is 76.7 Å². The quantitative estimate of drug-likeness (QED) is 0.520. The Bertz CT molecular complexity index is 316. The van der Waals surface area contributed by atoms with Gasteiger partial charge >= 0.3 is 0 Å². The average Bonchev–Trinajstić information content (AvgIpc) is 1.96. The molecule has 1 aromatic carbocycles. The van der Waals surface area contributed by atoms with Gasteiger partial charge in [0, 0.05) is 0 Å². The maximum absolute atomic E-state index is 12.7. The summed E-state index contributed by atoms with van der Waals surface area (Å²) in [4.78, 5) is 10.2. The summed E-state index contributed by atoms with van der Waals surface area (Å²) in [6.45, 7) is 0. The minimum atomic E-state index is -0.792. The molecule has 0 aromatic heterocycles. The van der Waals surface area contributed by atoms with Crippen LogP contribution in [0.1, 0.15) is 0 Å². The van der Waals surface area contributed by atoms with Gasteiger partial charge in [0.15, 0.2) is 0 Å². The third-order valence-electron chi connectivity index (χ3n) is 1.08. The molecular formula is C7H3ClF2OS. The third kappa shape index (κ3) is 2.46. The summed E-state index contributed by atoms with van der Waals surface area (Å²) in [5.41, 5.74) is 0. The van der Waals surface area contributed by atoms with Crippen LogP contribution in [-0.4, -0.2) is 4.57 Å². The first kappa shape index (κ1) is 9.48. The maximum Gasteiger partial charge on any atom is 0.284 e. The van der Waals surface area contributed by atoms with Crippen LogP contribution in [0.3, 0.4) is 0 Å². The van der Waals surface area contributed by atoms with Crippen molar-refractivity contribution in [3.8, 4) is 0 Å². The van der Waals surface area contributed by atoms with Gasteiger partial charge < -0.3 is 0 Å². The topological polar surface area (TPSA) is 17.1 Å². The molecule has 0 aliphatic heterocycles. The standard InChI is InChI=1S/C7H3ClF2OS/c8-7(11)12-6-3-4(9)1-2-5(6)10/h1-3H. The second-order valence-corrected chi connectivity index (χ2v) is 3.50. The highest BCUT2D eigenvalue weighted by Gasteiger charge is 2.07. The highest BCUT2D eigenvalue weighted by Crippen LogP contribution is 2.24.